The van der Waals surface area contributed by atoms with Crippen LogP contribution in [-0.4, -0.2) is 46.8 Å². The zero-order valence-electron chi connectivity index (χ0n) is 19.3. The first-order valence-electron chi connectivity index (χ1n) is 12.0. The number of allylic oxidation sites excluding steroid dienone is 1. The van der Waals surface area contributed by atoms with Gasteiger partial charge < -0.3 is 15.0 Å². The molecule has 0 spiro atoms. The first-order valence-corrected chi connectivity index (χ1v) is 12.0. The fraction of sp³-hybridized carbons (Fsp3) is 0.407. The lowest BCUT2D eigenvalue weighted by molar-refractivity contribution is 0.0785. The normalized spacial score (nSPS) is 17.8. The zero-order valence-corrected chi connectivity index (χ0v) is 19.3. The molecule has 33 heavy (non-hydrogen) atoms. The Labute approximate surface area is 195 Å². The predicted molar refractivity (Wildman–Crippen MR) is 131 cm³/mol. The number of likely N-dealkylation sites (tertiary alicyclic amines) is 1. The van der Waals surface area contributed by atoms with Crippen molar-refractivity contribution in [2.75, 3.05) is 20.2 Å². The summed E-state index contributed by atoms with van der Waals surface area (Å²) in [6.07, 6.45) is 6.76. The molecule has 1 atom stereocenters. The summed E-state index contributed by atoms with van der Waals surface area (Å²) in [7, 11) is 1.73. The molecule has 2 heterocycles. The highest BCUT2D eigenvalue weighted by Gasteiger charge is 2.31. The van der Waals surface area contributed by atoms with Gasteiger partial charge in [0.15, 0.2) is 5.69 Å². The Morgan fingerprint density at radius 3 is 2.85 bits per heavy atom. The van der Waals surface area contributed by atoms with E-state index in [2.05, 4.69) is 42.2 Å². The Kier molecular flexibility index (Phi) is 6.18. The molecule has 2 aliphatic rings. The molecule has 172 valence electrons. The zero-order chi connectivity index (χ0) is 22.8. The molecule has 5 rings (SSSR count). The van der Waals surface area contributed by atoms with E-state index in [-0.39, 0.29) is 11.9 Å². The third kappa shape index (κ3) is 4.15. The van der Waals surface area contributed by atoms with Crippen molar-refractivity contribution >= 4 is 16.7 Å². The Morgan fingerprint density at radius 2 is 2.06 bits per heavy atom. The van der Waals surface area contributed by atoms with E-state index in [1.165, 1.54) is 22.0 Å². The van der Waals surface area contributed by atoms with Crippen LogP contribution in [0.3, 0.4) is 0 Å². The minimum atomic E-state index is 0.0861. The van der Waals surface area contributed by atoms with Crippen LogP contribution in [0.15, 0.2) is 49.1 Å². The minimum absolute atomic E-state index is 0.0861. The number of nitrogens with zero attached hydrogens (tertiary/aromatic N) is 3. The van der Waals surface area contributed by atoms with Crippen molar-refractivity contribution in [1.29, 1.82) is 0 Å². The summed E-state index contributed by atoms with van der Waals surface area (Å²) in [5.41, 5.74) is 4.13. The highest BCUT2D eigenvalue weighted by atomic mass is 16.5. The van der Waals surface area contributed by atoms with Crippen molar-refractivity contribution in [3.05, 3.63) is 71.6 Å². The number of amides is 1. The highest BCUT2D eigenvalue weighted by Crippen LogP contribution is 2.30. The lowest BCUT2D eigenvalue weighted by Gasteiger charge is -2.25. The largest absolute Gasteiger partial charge is 0.496 e. The quantitative estimate of drug-likeness (QED) is 0.557. The fourth-order valence-corrected chi connectivity index (χ4v) is 5.31. The maximum Gasteiger partial charge on any atom is 0.274 e. The van der Waals surface area contributed by atoms with Gasteiger partial charge in [0.2, 0.25) is 0 Å². The van der Waals surface area contributed by atoms with Gasteiger partial charge in [0.1, 0.15) is 5.75 Å². The molecular weight excluding hydrogens is 412 g/mol. The number of benzene rings is 2. The van der Waals surface area contributed by atoms with Gasteiger partial charge in [0.05, 0.1) is 13.7 Å². The number of hydrogen-bond donors (Lipinski definition) is 1. The Morgan fingerprint density at radius 1 is 1.24 bits per heavy atom. The van der Waals surface area contributed by atoms with Gasteiger partial charge in [0, 0.05) is 42.5 Å². The van der Waals surface area contributed by atoms with E-state index >= 15 is 0 Å². The van der Waals surface area contributed by atoms with Gasteiger partial charge in [-0.2, -0.15) is 5.10 Å². The third-order valence-corrected chi connectivity index (χ3v) is 7.03. The van der Waals surface area contributed by atoms with Crippen LogP contribution in [0.2, 0.25) is 0 Å². The number of nitrogens with one attached hydrogen (secondary N) is 1. The van der Waals surface area contributed by atoms with Crippen molar-refractivity contribution in [2.45, 2.75) is 51.2 Å². The SMILES string of the molecule is C=CCn1nc(C(=O)N2CCCC2)c2c1CC[C@H](NCc1c(OC)ccc3ccccc13)C2. The van der Waals surface area contributed by atoms with Crippen molar-refractivity contribution in [2.24, 2.45) is 0 Å². The number of hydrogen-bond acceptors (Lipinski definition) is 4. The summed E-state index contributed by atoms with van der Waals surface area (Å²) in [5.74, 6) is 0.990. The van der Waals surface area contributed by atoms with Crippen LogP contribution < -0.4 is 10.1 Å². The van der Waals surface area contributed by atoms with Gasteiger partial charge in [-0.3, -0.25) is 9.48 Å². The van der Waals surface area contributed by atoms with E-state index < -0.39 is 0 Å². The second-order valence-electron chi connectivity index (χ2n) is 9.03. The van der Waals surface area contributed by atoms with E-state index in [1.807, 2.05) is 21.7 Å². The predicted octanol–water partition coefficient (Wildman–Crippen LogP) is 4.11. The van der Waals surface area contributed by atoms with E-state index in [0.29, 0.717) is 12.2 Å². The number of fused-ring (bicyclic) bond motifs is 2. The molecule has 1 aliphatic heterocycles. The van der Waals surface area contributed by atoms with E-state index in [1.54, 1.807) is 7.11 Å². The van der Waals surface area contributed by atoms with Crippen molar-refractivity contribution < 1.29 is 9.53 Å². The maximum atomic E-state index is 13.2. The summed E-state index contributed by atoms with van der Waals surface area (Å²) < 4.78 is 7.66. The number of carbonyl (C=O) groups excluding carboxylic acids is 1. The first kappa shape index (κ1) is 21.7. The number of aromatic nitrogens is 2. The van der Waals surface area contributed by atoms with Gasteiger partial charge in [-0.1, -0.05) is 36.4 Å². The molecule has 2 aromatic carbocycles. The lowest BCUT2D eigenvalue weighted by Crippen LogP contribution is -2.36. The molecule has 6 heteroatoms. The monoisotopic (exact) mass is 444 g/mol. The van der Waals surface area contributed by atoms with E-state index in [4.69, 9.17) is 9.84 Å². The van der Waals surface area contributed by atoms with E-state index in [9.17, 15) is 4.79 Å². The van der Waals surface area contributed by atoms with Crippen molar-refractivity contribution in [1.82, 2.24) is 20.0 Å². The number of ether oxygens (including phenoxy) is 1. The topological polar surface area (TPSA) is 59.4 Å². The maximum absolute atomic E-state index is 13.2. The summed E-state index contributed by atoms with van der Waals surface area (Å²) >= 11 is 0. The second-order valence-corrected chi connectivity index (χ2v) is 9.03. The number of carbonyl (C=O) groups is 1. The molecule has 1 aromatic heterocycles. The molecule has 1 amide bonds. The average molecular weight is 445 g/mol. The van der Waals surface area contributed by atoms with Crippen molar-refractivity contribution in [3.63, 3.8) is 0 Å². The standard InChI is InChI=1S/C27H32N4O2/c1-3-14-31-24-12-11-20(17-22(24)26(29-31)27(32)30-15-6-7-16-30)28-18-23-21-9-5-4-8-19(21)10-13-25(23)33-2/h3-5,8-10,13,20,28H,1,6-7,11-12,14-18H2,2H3/t20-/m0/s1. The van der Waals surface area contributed by atoms with Crippen LogP contribution in [0.1, 0.15) is 46.6 Å². The summed E-state index contributed by atoms with van der Waals surface area (Å²) in [4.78, 5) is 15.2. The summed E-state index contributed by atoms with van der Waals surface area (Å²) in [6.45, 7) is 6.91. The molecule has 0 saturated carbocycles. The van der Waals surface area contributed by atoms with Crippen LogP contribution in [0.5, 0.6) is 5.75 Å². The Bertz CT molecular complexity index is 1180. The Hall–Kier alpha value is -3.12. The molecule has 1 aliphatic carbocycles. The van der Waals surface area contributed by atoms with Crippen LogP contribution in [0.4, 0.5) is 0 Å². The summed E-state index contributed by atoms with van der Waals surface area (Å²) in [6, 6.07) is 12.9. The molecule has 0 bridgehead atoms. The fourth-order valence-electron chi connectivity index (χ4n) is 5.31. The first-order chi connectivity index (χ1) is 16.2. The van der Waals surface area contributed by atoms with Gasteiger partial charge in [-0.25, -0.2) is 0 Å². The van der Waals surface area contributed by atoms with Crippen molar-refractivity contribution in [3.8, 4) is 5.75 Å². The van der Waals surface area contributed by atoms with Crippen LogP contribution in [-0.2, 0) is 25.9 Å². The van der Waals surface area contributed by atoms with Gasteiger partial charge in [-0.15, -0.1) is 6.58 Å². The average Bonchev–Trinajstić information content (AvgIpc) is 3.51. The van der Waals surface area contributed by atoms with E-state index in [0.717, 1.165) is 63.1 Å². The second kappa shape index (κ2) is 9.40. The molecule has 1 saturated heterocycles. The third-order valence-electron chi connectivity index (χ3n) is 7.03. The smallest absolute Gasteiger partial charge is 0.274 e. The molecule has 1 fully saturated rings. The van der Waals surface area contributed by atoms with Gasteiger partial charge in [0.25, 0.3) is 5.91 Å². The molecular formula is C27H32N4O2. The molecule has 3 aromatic rings. The van der Waals surface area contributed by atoms with Crippen LogP contribution in [0, 0.1) is 0 Å². The minimum Gasteiger partial charge on any atom is -0.496 e. The molecule has 1 N–H and O–H groups in total. The molecule has 0 radical (unpaired) electrons. The summed E-state index contributed by atoms with van der Waals surface area (Å²) in [5, 5.41) is 10.9. The number of rotatable bonds is 7. The van der Waals surface area contributed by atoms with Crippen LogP contribution in [0.25, 0.3) is 10.8 Å². The number of methoxy groups -OCH3 is 1. The lowest BCUT2D eigenvalue weighted by atomic mass is 9.90. The molecule has 6 nitrogen and oxygen atoms in total. The van der Waals surface area contributed by atoms with Gasteiger partial charge >= 0.3 is 0 Å². The van der Waals surface area contributed by atoms with Gasteiger partial charge in [-0.05, 0) is 48.9 Å². The Balaban J connectivity index is 1.39. The highest BCUT2D eigenvalue weighted by molar-refractivity contribution is 5.94. The van der Waals surface area contributed by atoms with Crippen LogP contribution >= 0.6 is 0 Å². The molecule has 0 unspecified atom stereocenters.